The zero-order valence-corrected chi connectivity index (χ0v) is 18.5. The molecular formula is C20H19F7N4O6. The summed E-state index contributed by atoms with van der Waals surface area (Å²) in [7, 11) is 0. The first-order valence-corrected chi connectivity index (χ1v) is 10.1. The highest BCUT2D eigenvalue weighted by Gasteiger charge is 2.52. The minimum absolute atomic E-state index is 0.102. The van der Waals surface area contributed by atoms with Gasteiger partial charge in [0, 0.05) is 31.3 Å². The van der Waals surface area contributed by atoms with E-state index in [-0.39, 0.29) is 5.41 Å². The predicted octanol–water partition coefficient (Wildman–Crippen LogP) is 2.81. The normalized spacial score (nSPS) is 20.6. The van der Waals surface area contributed by atoms with Crippen LogP contribution < -0.4 is 9.64 Å². The van der Waals surface area contributed by atoms with Crippen molar-refractivity contribution in [1.82, 2.24) is 15.0 Å². The molecule has 0 radical (unpaired) electrons. The third-order valence-electron chi connectivity index (χ3n) is 5.04. The lowest BCUT2D eigenvalue weighted by Crippen LogP contribution is -2.37. The summed E-state index contributed by atoms with van der Waals surface area (Å²) in [5.74, 6) is -4.42. The maximum absolute atomic E-state index is 13.0. The average molecular weight is 544 g/mol. The minimum atomic E-state index is -5.08. The van der Waals surface area contributed by atoms with E-state index < -0.39 is 30.1 Å². The highest BCUT2D eigenvalue weighted by molar-refractivity contribution is 5.73. The van der Waals surface area contributed by atoms with Gasteiger partial charge in [0.2, 0.25) is 11.8 Å². The Morgan fingerprint density at radius 2 is 1.62 bits per heavy atom. The molecule has 2 aromatic heterocycles. The smallest absolute Gasteiger partial charge is 0.477 e. The number of alkyl halides is 6. The van der Waals surface area contributed by atoms with Crippen LogP contribution in [-0.2, 0) is 14.3 Å². The monoisotopic (exact) mass is 544 g/mol. The Hall–Kier alpha value is -3.76. The fourth-order valence-corrected chi connectivity index (χ4v) is 3.31. The van der Waals surface area contributed by atoms with Gasteiger partial charge in [-0.05, 0) is 6.07 Å². The van der Waals surface area contributed by atoms with Gasteiger partial charge in [-0.1, -0.05) is 6.07 Å². The number of nitrogens with zero attached hydrogens (tertiary/aromatic N) is 4. The first-order chi connectivity index (χ1) is 17.1. The van der Waals surface area contributed by atoms with Crippen molar-refractivity contribution >= 4 is 17.9 Å². The van der Waals surface area contributed by atoms with Crippen LogP contribution in [0.4, 0.5) is 36.7 Å². The van der Waals surface area contributed by atoms with E-state index in [4.69, 9.17) is 29.3 Å². The molecular weight excluding hydrogens is 525 g/mol. The van der Waals surface area contributed by atoms with E-state index in [0.29, 0.717) is 37.6 Å². The highest BCUT2D eigenvalue weighted by atomic mass is 19.4. The molecule has 0 spiro atoms. The van der Waals surface area contributed by atoms with Gasteiger partial charge in [-0.2, -0.15) is 26.3 Å². The van der Waals surface area contributed by atoms with Crippen LogP contribution in [0.3, 0.4) is 0 Å². The first-order valence-electron chi connectivity index (χ1n) is 10.1. The van der Waals surface area contributed by atoms with Crippen molar-refractivity contribution in [1.29, 1.82) is 0 Å². The molecule has 0 aromatic carbocycles. The molecule has 0 saturated carbocycles. The molecule has 0 bridgehead atoms. The molecule has 2 aliphatic rings. The van der Waals surface area contributed by atoms with Crippen molar-refractivity contribution in [2.24, 2.45) is 11.3 Å². The summed E-state index contributed by atoms with van der Waals surface area (Å²) in [6, 6.07) is 5.60. The van der Waals surface area contributed by atoms with Gasteiger partial charge in [0.05, 0.1) is 37.6 Å². The Bertz CT molecular complexity index is 1020. The zero-order valence-electron chi connectivity index (χ0n) is 18.5. The Morgan fingerprint density at radius 3 is 2.11 bits per heavy atom. The quantitative estimate of drug-likeness (QED) is 0.554. The van der Waals surface area contributed by atoms with E-state index in [2.05, 4.69) is 19.9 Å². The second-order valence-electron chi connectivity index (χ2n) is 7.72. The number of carboxylic acid groups (broad SMARTS) is 2. The van der Waals surface area contributed by atoms with Crippen molar-refractivity contribution in [3.8, 4) is 5.88 Å². The predicted molar refractivity (Wildman–Crippen MR) is 108 cm³/mol. The number of hydrogen-bond acceptors (Lipinski definition) is 8. The lowest BCUT2D eigenvalue weighted by Gasteiger charge is -2.26. The number of rotatable bonds is 4. The summed E-state index contributed by atoms with van der Waals surface area (Å²) < 4.78 is 88.0. The number of halogens is 7. The number of ether oxygens (including phenoxy) is 2. The van der Waals surface area contributed by atoms with Crippen LogP contribution in [0.25, 0.3) is 0 Å². The van der Waals surface area contributed by atoms with Gasteiger partial charge in [-0.3, -0.25) is 0 Å². The number of anilines is 1. The molecule has 2 fully saturated rings. The average Bonchev–Trinajstić information content (AvgIpc) is 3.36. The Kier molecular flexibility index (Phi) is 9.55. The third-order valence-corrected chi connectivity index (χ3v) is 5.04. The number of carbonyl (C=O) groups is 2. The van der Waals surface area contributed by atoms with Crippen LogP contribution in [0.15, 0.2) is 36.8 Å². The third kappa shape index (κ3) is 8.69. The molecule has 37 heavy (non-hydrogen) atoms. The van der Waals surface area contributed by atoms with E-state index >= 15 is 0 Å². The summed E-state index contributed by atoms with van der Waals surface area (Å²) in [5.41, 5.74) is -0.102. The molecule has 4 heterocycles. The highest BCUT2D eigenvalue weighted by Crippen LogP contribution is 2.42. The van der Waals surface area contributed by atoms with Crippen LogP contribution in [-0.4, -0.2) is 82.4 Å². The summed E-state index contributed by atoms with van der Waals surface area (Å²) in [6.45, 7) is 3.39. The van der Waals surface area contributed by atoms with Crippen LogP contribution in [0, 0.1) is 17.2 Å². The van der Waals surface area contributed by atoms with E-state index in [1.165, 1.54) is 12.4 Å². The van der Waals surface area contributed by atoms with Gasteiger partial charge < -0.3 is 24.6 Å². The van der Waals surface area contributed by atoms with E-state index in [1.54, 1.807) is 6.20 Å². The summed E-state index contributed by atoms with van der Waals surface area (Å²) in [5, 5.41) is 14.2. The van der Waals surface area contributed by atoms with Crippen LogP contribution >= 0.6 is 0 Å². The zero-order chi connectivity index (χ0) is 27.9. The molecule has 0 unspecified atom stereocenters. The van der Waals surface area contributed by atoms with E-state index in [9.17, 15) is 30.7 Å². The summed E-state index contributed by atoms with van der Waals surface area (Å²) in [4.78, 5) is 32.2. The molecule has 204 valence electrons. The van der Waals surface area contributed by atoms with Gasteiger partial charge >= 0.3 is 24.3 Å². The van der Waals surface area contributed by atoms with Crippen molar-refractivity contribution < 1.29 is 60.0 Å². The molecule has 4 rings (SSSR count). The fourth-order valence-electron chi connectivity index (χ4n) is 3.31. The number of aromatic nitrogens is 3. The Balaban J connectivity index is 0.000000286. The molecule has 0 aliphatic carbocycles. The van der Waals surface area contributed by atoms with Crippen LogP contribution in [0.1, 0.15) is 0 Å². The van der Waals surface area contributed by atoms with Crippen molar-refractivity contribution in [3.63, 3.8) is 0 Å². The largest absolute Gasteiger partial charge is 0.490 e. The van der Waals surface area contributed by atoms with E-state index in [1.807, 2.05) is 18.2 Å². The SMILES string of the molecule is Fc1cnc(N2C[C@@H]3COC[C@]3(COc3ccccn3)C2)nc1.O=C(O)C(F)(F)F.O=C(O)C(F)(F)F. The van der Waals surface area contributed by atoms with Crippen molar-refractivity contribution in [3.05, 3.63) is 42.6 Å². The van der Waals surface area contributed by atoms with Gasteiger partial charge in [0.1, 0.15) is 0 Å². The second-order valence-corrected chi connectivity index (χ2v) is 7.72. The van der Waals surface area contributed by atoms with Crippen LogP contribution in [0.2, 0.25) is 0 Å². The Morgan fingerprint density at radius 1 is 1.05 bits per heavy atom. The Labute approximate surface area is 203 Å². The number of fused-ring (bicyclic) bond motifs is 1. The maximum Gasteiger partial charge on any atom is 0.490 e. The summed E-state index contributed by atoms with van der Waals surface area (Å²) in [6.07, 6.45) is -6.06. The molecule has 2 aromatic rings. The van der Waals surface area contributed by atoms with Gasteiger partial charge in [-0.25, -0.2) is 28.9 Å². The molecule has 0 amide bonds. The van der Waals surface area contributed by atoms with Crippen molar-refractivity contribution in [2.75, 3.05) is 37.8 Å². The van der Waals surface area contributed by atoms with E-state index in [0.717, 1.165) is 13.1 Å². The molecule has 2 saturated heterocycles. The number of aliphatic carboxylic acids is 2. The minimum Gasteiger partial charge on any atom is -0.477 e. The fraction of sp³-hybridized carbons (Fsp3) is 0.450. The molecule has 2 N–H and O–H groups in total. The maximum atomic E-state index is 13.0. The first kappa shape index (κ1) is 29.5. The second kappa shape index (κ2) is 12.0. The van der Waals surface area contributed by atoms with Gasteiger partial charge in [0.15, 0.2) is 5.82 Å². The molecule has 2 atom stereocenters. The molecule has 17 heteroatoms. The molecule has 10 nitrogen and oxygen atoms in total. The topological polar surface area (TPSA) is 135 Å². The summed E-state index contributed by atoms with van der Waals surface area (Å²) >= 11 is 0. The lowest BCUT2D eigenvalue weighted by atomic mass is 9.82. The van der Waals surface area contributed by atoms with Crippen LogP contribution in [0.5, 0.6) is 5.88 Å². The number of pyridine rings is 1. The van der Waals surface area contributed by atoms with Gasteiger partial charge in [-0.15, -0.1) is 0 Å². The number of hydrogen-bond donors (Lipinski definition) is 2. The number of carboxylic acids is 2. The van der Waals surface area contributed by atoms with Crippen molar-refractivity contribution in [2.45, 2.75) is 12.4 Å². The lowest BCUT2D eigenvalue weighted by molar-refractivity contribution is -0.193. The van der Waals surface area contributed by atoms with Gasteiger partial charge in [0.25, 0.3) is 0 Å². The standard InChI is InChI=1S/C16H17FN4O2.2C2HF3O2/c17-13-5-19-15(20-6-13)21-7-12-8-22-10-16(12,9-21)11-23-14-3-1-2-4-18-14;2*3-2(4,5)1(6)7/h1-6,12H,7-11H2;2*(H,6,7)/t12-,16+;;/m1../s1. The molecule has 2 aliphatic heterocycles.